The summed E-state index contributed by atoms with van der Waals surface area (Å²) in [6, 6.07) is 0. The first-order chi connectivity index (χ1) is 5.34. The van der Waals surface area contributed by atoms with Crippen LogP contribution in [0.4, 0.5) is 0 Å². The van der Waals surface area contributed by atoms with Gasteiger partial charge in [-0.15, -0.1) is 0 Å². The molecule has 1 rings (SSSR count). The molecule has 0 amide bonds. The number of carbonyl (C=O) groups excluding carboxylic acids is 1. The number of rotatable bonds is 5. The minimum Gasteiger partial charge on any atom is -0.211 e. The zero-order valence-electron chi connectivity index (χ0n) is 7.05. The van der Waals surface area contributed by atoms with Gasteiger partial charge < -0.3 is 0 Å². The van der Waals surface area contributed by atoms with Crippen molar-refractivity contribution in [2.75, 3.05) is 6.54 Å². The van der Waals surface area contributed by atoms with Gasteiger partial charge >= 0.3 is 0 Å². The molecular weight excluding hydrogens is 138 g/mol. The fraction of sp³-hybridized carbons (Fsp3) is 0.889. The molecule has 1 aliphatic carbocycles. The Morgan fingerprint density at radius 2 is 2.36 bits per heavy atom. The van der Waals surface area contributed by atoms with Gasteiger partial charge in [0, 0.05) is 0 Å². The lowest BCUT2D eigenvalue weighted by molar-refractivity contribution is 0.457. The van der Waals surface area contributed by atoms with E-state index in [2.05, 4.69) is 11.9 Å². The standard InChI is InChI=1S/C9H15NO/c1-8(9-4-5-9)3-2-6-10-7-11/h8-9H,2-6H2,1H3. The van der Waals surface area contributed by atoms with Crippen molar-refractivity contribution < 1.29 is 4.79 Å². The van der Waals surface area contributed by atoms with E-state index in [1.165, 1.54) is 19.3 Å². The summed E-state index contributed by atoms with van der Waals surface area (Å²) in [6.07, 6.45) is 6.66. The van der Waals surface area contributed by atoms with E-state index in [4.69, 9.17) is 0 Å². The second kappa shape index (κ2) is 4.30. The highest BCUT2D eigenvalue weighted by Crippen LogP contribution is 2.38. The fourth-order valence-electron chi connectivity index (χ4n) is 1.44. The zero-order valence-corrected chi connectivity index (χ0v) is 7.05. The minimum atomic E-state index is 0.667. The number of hydrogen-bond donors (Lipinski definition) is 0. The molecule has 0 heterocycles. The van der Waals surface area contributed by atoms with Crippen LogP contribution in [0.3, 0.4) is 0 Å². The average molecular weight is 153 g/mol. The topological polar surface area (TPSA) is 29.4 Å². The highest BCUT2D eigenvalue weighted by molar-refractivity contribution is 5.32. The highest BCUT2D eigenvalue weighted by atomic mass is 16.1. The lowest BCUT2D eigenvalue weighted by Gasteiger charge is -2.06. The van der Waals surface area contributed by atoms with Crippen molar-refractivity contribution in [1.82, 2.24) is 0 Å². The third kappa shape index (κ3) is 3.33. The smallest absolute Gasteiger partial charge is 0.211 e. The molecule has 0 bridgehead atoms. The van der Waals surface area contributed by atoms with Crippen molar-refractivity contribution in [3.63, 3.8) is 0 Å². The van der Waals surface area contributed by atoms with Crippen LogP contribution in [0.1, 0.15) is 32.6 Å². The molecule has 0 aromatic carbocycles. The highest BCUT2D eigenvalue weighted by Gasteiger charge is 2.26. The van der Waals surface area contributed by atoms with E-state index in [0.29, 0.717) is 6.54 Å². The zero-order chi connectivity index (χ0) is 8.10. The van der Waals surface area contributed by atoms with Crippen LogP contribution in [0.25, 0.3) is 0 Å². The summed E-state index contributed by atoms with van der Waals surface area (Å²) in [4.78, 5) is 13.2. The van der Waals surface area contributed by atoms with Crippen molar-refractivity contribution in [3.8, 4) is 0 Å². The number of hydrogen-bond acceptors (Lipinski definition) is 2. The molecule has 1 fully saturated rings. The Morgan fingerprint density at radius 1 is 1.64 bits per heavy atom. The molecule has 0 N–H and O–H groups in total. The molecule has 0 spiro atoms. The Kier molecular flexibility index (Phi) is 3.31. The molecule has 11 heavy (non-hydrogen) atoms. The Bertz CT molecular complexity index is 157. The Morgan fingerprint density at radius 3 is 2.91 bits per heavy atom. The summed E-state index contributed by atoms with van der Waals surface area (Å²) < 4.78 is 0. The van der Waals surface area contributed by atoms with E-state index in [1.54, 1.807) is 6.08 Å². The van der Waals surface area contributed by atoms with Crippen LogP contribution in [-0.4, -0.2) is 12.6 Å². The van der Waals surface area contributed by atoms with Crippen molar-refractivity contribution in [2.24, 2.45) is 16.8 Å². The average Bonchev–Trinajstić information content (AvgIpc) is 2.79. The molecule has 1 unspecified atom stereocenters. The van der Waals surface area contributed by atoms with Gasteiger partial charge in [-0.1, -0.05) is 6.92 Å². The molecule has 62 valence electrons. The Labute approximate surface area is 67.7 Å². The van der Waals surface area contributed by atoms with Gasteiger partial charge in [-0.25, -0.2) is 9.79 Å². The molecule has 0 aromatic rings. The summed E-state index contributed by atoms with van der Waals surface area (Å²) in [5.74, 6) is 1.83. The van der Waals surface area contributed by atoms with Gasteiger partial charge in [-0.05, 0) is 37.5 Å². The molecule has 1 atom stereocenters. The first kappa shape index (κ1) is 8.48. The minimum absolute atomic E-state index is 0.667. The molecule has 0 saturated heterocycles. The van der Waals surface area contributed by atoms with Crippen LogP contribution in [0.15, 0.2) is 4.99 Å². The third-order valence-electron chi connectivity index (χ3n) is 2.42. The van der Waals surface area contributed by atoms with E-state index < -0.39 is 0 Å². The van der Waals surface area contributed by atoms with Gasteiger partial charge in [0.15, 0.2) is 0 Å². The van der Waals surface area contributed by atoms with Crippen molar-refractivity contribution in [1.29, 1.82) is 0 Å². The summed E-state index contributed by atoms with van der Waals surface area (Å²) >= 11 is 0. The number of nitrogens with zero attached hydrogens (tertiary/aromatic N) is 1. The summed E-state index contributed by atoms with van der Waals surface area (Å²) in [7, 11) is 0. The molecule has 2 heteroatoms. The maximum atomic E-state index is 9.70. The molecule has 0 aromatic heterocycles. The first-order valence-electron chi connectivity index (χ1n) is 4.38. The Balaban J connectivity index is 1.97. The van der Waals surface area contributed by atoms with Gasteiger partial charge in [0.2, 0.25) is 6.08 Å². The molecule has 2 nitrogen and oxygen atoms in total. The lowest BCUT2D eigenvalue weighted by Crippen LogP contribution is -1.97. The maximum absolute atomic E-state index is 9.70. The van der Waals surface area contributed by atoms with E-state index in [9.17, 15) is 4.79 Å². The summed E-state index contributed by atoms with van der Waals surface area (Å²) in [5, 5.41) is 0. The molecule has 1 saturated carbocycles. The quantitative estimate of drug-likeness (QED) is 0.338. The lowest BCUT2D eigenvalue weighted by atomic mass is 10.0. The predicted molar refractivity (Wildman–Crippen MR) is 44.1 cm³/mol. The second-order valence-electron chi connectivity index (χ2n) is 3.43. The van der Waals surface area contributed by atoms with Crippen molar-refractivity contribution >= 4 is 6.08 Å². The normalized spacial score (nSPS) is 19.0. The van der Waals surface area contributed by atoms with E-state index in [0.717, 1.165) is 18.3 Å². The van der Waals surface area contributed by atoms with Crippen LogP contribution < -0.4 is 0 Å². The second-order valence-corrected chi connectivity index (χ2v) is 3.43. The number of isocyanates is 1. The van der Waals surface area contributed by atoms with Crippen LogP contribution >= 0.6 is 0 Å². The van der Waals surface area contributed by atoms with Crippen molar-refractivity contribution in [3.05, 3.63) is 0 Å². The van der Waals surface area contributed by atoms with Crippen LogP contribution in [-0.2, 0) is 4.79 Å². The molecular formula is C9H15NO. The third-order valence-corrected chi connectivity index (χ3v) is 2.42. The summed E-state index contributed by atoms with van der Waals surface area (Å²) in [5.41, 5.74) is 0. The van der Waals surface area contributed by atoms with Gasteiger partial charge in [-0.2, -0.15) is 0 Å². The van der Waals surface area contributed by atoms with E-state index in [-0.39, 0.29) is 0 Å². The first-order valence-corrected chi connectivity index (χ1v) is 4.38. The van der Waals surface area contributed by atoms with Gasteiger partial charge in [0.1, 0.15) is 0 Å². The van der Waals surface area contributed by atoms with Crippen LogP contribution in [0.5, 0.6) is 0 Å². The monoisotopic (exact) mass is 153 g/mol. The Hall–Kier alpha value is -0.620. The number of aliphatic imine (C=N–C) groups is 1. The molecule has 1 aliphatic rings. The maximum Gasteiger partial charge on any atom is 0.234 e. The molecule has 0 radical (unpaired) electrons. The van der Waals surface area contributed by atoms with Gasteiger partial charge in [0.05, 0.1) is 6.54 Å². The summed E-state index contributed by atoms with van der Waals surface area (Å²) in [6.45, 7) is 2.96. The van der Waals surface area contributed by atoms with Gasteiger partial charge in [-0.3, -0.25) is 0 Å². The SMILES string of the molecule is CC(CCCN=C=O)C1CC1. The molecule has 0 aliphatic heterocycles. The largest absolute Gasteiger partial charge is 0.234 e. The van der Waals surface area contributed by atoms with Crippen LogP contribution in [0, 0.1) is 11.8 Å². The van der Waals surface area contributed by atoms with Gasteiger partial charge in [0.25, 0.3) is 0 Å². The predicted octanol–water partition coefficient (Wildman–Crippen LogP) is 2.15. The van der Waals surface area contributed by atoms with E-state index >= 15 is 0 Å². The van der Waals surface area contributed by atoms with Crippen LogP contribution in [0.2, 0.25) is 0 Å². The fourth-order valence-corrected chi connectivity index (χ4v) is 1.44. The van der Waals surface area contributed by atoms with Crippen molar-refractivity contribution in [2.45, 2.75) is 32.6 Å². The van der Waals surface area contributed by atoms with E-state index in [1.807, 2.05) is 0 Å².